The number of aromatic nitrogens is 1. The highest BCUT2D eigenvalue weighted by Gasteiger charge is 2.21. The number of amides is 1. The summed E-state index contributed by atoms with van der Waals surface area (Å²) in [4.78, 5) is 25.7. The Hall–Kier alpha value is -2.76. The SMILES string of the molecule is O=C(N[C@H](Cc1ccc(O)cc1)C(=O)O)c1ccc[nH]1. The number of carbonyl (C=O) groups is 2. The highest BCUT2D eigenvalue weighted by molar-refractivity contribution is 5.95. The van der Waals surface area contributed by atoms with Gasteiger partial charge in [-0.25, -0.2) is 4.79 Å². The molecule has 2 rings (SSSR count). The molecule has 1 aromatic heterocycles. The number of rotatable bonds is 5. The van der Waals surface area contributed by atoms with Gasteiger partial charge in [0.15, 0.2) is 0 Å². The minimum absolute atomic E-state index is 0.107. The maximum Gasteiger partial charge on any atom is 0.326 e. The number of carbonyl (C=O) groups excluding carboxylic acids is 1. The molecule has 104 valence electrons. The van der Waals surface area contributed by atoms with Gasteiger partial charge in [0.2, 0.25) is 0 Å². The van der Waals surface area contributed by atoms with E-state index in [2.05, 4.69) is 10.3 Å². The fourth-order valence-corrected chi connectivity index (χ4v) is 1.78. The second-order valence-electron chi connectivity index (χ2n) is 4.32. The number of carboxylic acid groups (broad SMARTS) is 1. The minimum Gasteiger partial charge on any atom is -0.508 e. The lowest BCUT2D eigenvalue weighted by Crippen LogP contribution is -2.42. The fraction of sp³-hybridized carbons (Fsp3) is 0.143. The number of benzene rings is 1. The molecule has 1 atom stereocenters. The second kappa shape index (κ2) is 5.92. The van der Waals surface area contributed by atoms with E-state index in [1.807, 2.05) is 0 Å². The molecule has 2 aromatic rings. The Kier molecular flexibility index (Phi) is 4.05. The average Bonchev–Trinajstić information content (AvgIpc) is 2.94. The molecule has 0 saturated heterocycles. The lowest BCUT2D eigenvalue weighted by atomic mass is 10.1. The third kappa shape index (κ3) is 3.38. The summed E-state index contributed by atoms with van der Waals surface area (Å²) in [5.41, 5.74) is 1.02. The van der Waals surface area contributed by atoms with Crippen LogP contribution in [0.25, 0.3) is 0 Å². The number of hydrogen-bond acceptors (Lipinski definition) is 3. The van der Waals surface area contributed by atoms with Crippen molar-refractivity contribution in [2.24, 2.45) is 0 Å². The van der Waals surface area contributed by atoms with Crippen LogP contribution in [0.4, 0.5) is 0 Å². The maximum absolute atomic E-state index is 11.8. The molecule has 1 aromatic carbocycles. The maximum atomic E-state index is 11.8. The number of aliphatic carboxylic acids is 1. The summed E-state index contributed by atoms with van der Waals surface area (Å²) in [5.74, 6) is -1.48. The van der Waals surface area contributed by atoms with Crippen LogP contribution in [0, 0.1) is 0 Å². The monoisotopic (exact) mass is 274 g/mol. The number of phenols is 1. The average molecular weight is 274 g/mol. The van der Waals surface area contributed by atoms with Crippen LogP contribution >= 0.6 is 0 Å². The Morgan fingerprint density at radius 2 is 1.90 bits per heavy atom. The van der Waals surface area contributed by atoms with Gasteiger partial charge >= 0.3 is 5.97 Å². The molecule has 20 heavy (non-hydrogen) atoms. The van der Waals surface area contributed by atoms with Crippen molar-refractivity contribution in [1.29, 1.82) is 0 Å². The van der Waals surface area contributed by atoms with E-state index >= 15 is 0 Å². The van der Waals surface area contributed by atoms with E-state index in [0.717, 1.165) is 0 Å². The van der Waals surface area contributed by atoms with Gasteiger partial charge in [-0.1, -0.05) is 12.1 Å². The molecule has 0 aliphatic carbocycles. The van der Waals surface area contributed by atoms with E-state index < -0.39 is 17.9 Å². The highest BCUT2D eigenvalue weighted by Crippen LogP contribution is 2.11. The molecule has 0 aliphatic rings. The Bertz CT molecular complexity index is 590. The molecular formula is C14H14N2O4. The lowest BCUT2D eigenvalue weighted by molar-refractivity contribution is -0.139. The molecule has 0 radical (unpaired) electrons. The zero-order valence-corrected chi connectivity index (χ0v) is 10.5. The molecule has 0 spiro atoms. The molecule has 6 heteroatoms. The summed E-state index contributed by atoms with van der Waals surface area (Å²) in [7, 11) is 0. The largest absolute Gasteiger partial charge is 0.508 e. The topological polar surface area (TPSA) is 102 Å². The zero-order valence-electron chi connectivity index (χ0n) is 10.5. The van der Waals surface area contributed by atoms with Gasteiger partial charge in [0, 0.05) is 12.6 Å². The summed E-state index contributed by atoms with van der Waals surface area (Å²) < 4.78 is 0. The van der Waals surface area contributed by atoms with Crippen molar-refractivity contribution in [3.63, 3.8) is 0 Å². The first-order chi connectivity index (χ1) is 9.56. The van der Waals surface area contributed by atoms with Crippen LogP contribution in [-0.4, -0.2) is 33.1 Å². The van der Waals surface area contributed by atoms with Gasteiger partial charge < -0.3 is 20.5 Å². The van der Waals surface area contributed by atoms with Crippen LogP contribution in [0.5, 0.6) is 5.75 Å². The molecule has 0 bridgehead atoms. The van der Waals surface area contributed by atoms with E-state index in [-0.39, 0.29) is 12.2 Å². The summed E-state index contributed by atoms with van der Waals surface area (Å²) in [5, 5.41) is 20.8. The number of aromatic amines is 1. The number of aromatic hydroxyl groups is 1. The van der Waals surface area contributed by atoms with Crippen LogP contribution in [0.3, 0.4) is 0 Å². The summed E-state index contributed by atoms with van der Waals surface area (Å²) in [6.07, 6.45) is 1.73. The highest BCUT2D eigenvalue weighted by atomic mass is 16.4. The Labute approximate surface area is 115 Å². The van der Waals surface area contributed by atoms with Crippen molar-refractivity contribution in [3.8, 4) is 5.75 Å². The van der Waals surface area contributed by atoms with Crippen molar-refractivity contribution in [1.82, 2.24) is 10.3 Å². The van der Waals surface area contributed by atoms with Crippen molar-refractivity contribution >= 4 is 11.9 Å². The van der Waals surface area contributed by atoms with Gasteiger partial charge in [0.25, 0.3) is 5.91 Å². The fourth-order valence-electron chi connectivity index (χ4n) is 1.78. The van der Waals surface area contributed by atoms with Crippen molar-refractivity contribution in [2.45, 2.75) is 12.5 Å². The van der Waals surface area contributed by atoms with Crippen LogP contribution in [-0.2, 0) is 11.2 Å². The number of phenolic OH excluding ortho intramolecular Hbond substituents is 1. The van der Waals surface area contributed by atoms with Crippen LogP contribution < -0.4 is 5.32 Å². The number of hydrogen-bond donors (Lipinski definition) is 4. The standard InChI is InChI=1S/C14H14N2O4/c17-10-5-3-9(4-6-10)8-12(14(19)20)16-13(18)11-2-1-7-15-11/h1-7,12,15,17H,8H2,(H,16,18)(H,19,20)/t12-/m1/s1. The molecule has 0 unspecified atom stereocenters. The van der Waals surface area contributed by atoms with Gasteiger partial charge in [-0.2, -0.15) is 0 Å². The molecule has 0 saturated carbocycles. The van der Waals surface area contributed by atoms with Gasteiger partial charge in [-0.05, 0) is 29.8 Å². The molecule has 6 nitrogen and oxygen atoms in total. The van der Waals surface area contributed by atoms with E-state index in [1.165, 1.54) is 12.1 Å². The Morgan fingerprint density at radius 1 is 1.20 bits per heavy atom. The predicted octanol–water partition coefficient (Wildman–Crippen LogP) is 1.15. The quantitative estimate of drug-likeness (QED) is 0.656. The van der Waals surface area contributed by atoms with Gasteiger partial charge in [0.05, 0.1) is 0 Å². The molecule has 0 aliphatic heterocycles. The molecule has 1 amide bonds. The van der Waals surface area contributed by atoms with Crippen LogP contribution in [0.2, 0.25) is 0 Å². The molecule has 4 N–H and O–H groups in total. The van der Waals surface area contributed by atoms with E-state index in [1.54, 1.807) is 30.5 Å². The van der Waals surface area contributed by atoms with E-state index in [0.29, 0.717) is 11.3 Å². The normalized spacial score (nSPS) is 11.8. The molecular weight excluding hydrogens is 260 g/mol. The van der Waals surface area contributed by atoms with Gasteiger partial charge in [0.1, 0.15) is 17.5 Å². The third-order valence-corrected chi connectivity index (χ3v) is 2.82. The van der Waals surface area contributed by atoms with Crippen LogP contribution in [0.15, 0.2) is 42.6 Å². The van der Waals surface area contributed by atoms with Gasteiger partial charge in [-0.15, -0.1) is 0 Å². The first-order valence-electron chi connectivity index (χ1n) is 6.01. The first kappa shape index (κ1) is 13.7. The smallest absolute Gasteiger partial charge is 0.326 e. The summed E-state index contributed by atoms with van der Waals surface area (Å²) in [6, 6.07) is 8.37. The number of carboxylic acids is 1. The van der Waals surface area contributed by atoms with E-state index in [4.69, 9.17) is 5.11 Å². The van der Waals surface area contributed by atoms with Crippen molar-refractivity contribution in [2.75, 3.05) is 0 Å². The van der Waals surface area contributed by atoms with Gasteiger partial charge in [-0.3, -0.25) is 4.79 Å². The molecule has 0 fully saturated rings. The predicted molar refractivity (Wildman–Crippen MR) is 71.5 cm³/mol. The lowest BCUT2D eigenvalue weighted by Gasteiger charge is -2.14. The third-order valence-electron chi connectivity index (χ3n) is 2.82. The van der Waals surface area contributed by atoms with Crippen molar-refractivity contribution in [3.05, 3.63) is 53.9 Å². The molecule has 1 heterocycles. The van der Waals surface area contributed by atoms with Crippen molar-refractivity contribution < 1.29 is 19.8 Å². The number of nitrogens with one attached hydrogen (secondary N) is 2. The minimum atomic E-state index is -1.11. The first-order valence-corrected chi connectivity index (χ1v) is 6.01. The summed E-state index contributed by atoms with van der Waals surface area (Å²) >= 11 is 0. The summed E-state index contributed by atoms with van der Waals surface area (Å²) in [6.45, 7) is 0. The Morgan fingerprint density at radius 3 is 2.45 bits per heavy atom. The zero-order chi connectivity index (χ0) is 14.5. The van der Waals surface area contributed by atoms with E-state index in [9.17, 15) is 14.7 Å². The Balaban J connectivity index is 2.06. The second-order valence-corrected chi connectivity index (χ2v) is 4.32. The van der Waals surface area contributed by atoms with Crippen LogP contribution in [0.1, 0.15) is 16.1 Å². The number of H-pyrrole nitrogens is 1.